The Morgan fingerprint density at radius 2 is 0.909 bits per heavy atom. The Balaban J connectivity index is 1.21. The predicted molar refractivity (Wildman–Crippen MR) is 234 cm³/mol. The van der Waals surface area contributed by atoms with Crippen molar-refractivity contribution in [3.8, 4) is 33.4 Å². The molecule has 3 nitrogen and oxygen atoms in total. The van der Waals surface area contributed by atoms with E-state index in [0.717, 1.165) is 28.2 Å². The van der Waals surface area contributed by atoms with Crippen molar-refractivity contribution >= 4 is 54.6 Å². The Labute approximate surface area is 322 Å². The molecule has 8 aromatic carbocycles. The minimum Gasteiger partial charge on any atom is -0.318 e. The highest BCUT2D eigenvalue weighted by atomic mass is 15.3. The Hall–Kier alpha value is -6.58. The molecule has 55 heavy (non-hydrogen) atoms. The average molecular weight is 708 g/mol. The summed E-state index contributed by atoms with van der Waals surface area (Å²) in [5.74, 6) is 0.942. The number of hydrogen-bond acceptors (Lipinski definition) is 3. The van der Waals surface area contributed by atoms with Gasteiger partial charge >= 0.3 is 0 Å². The number of aromatic nitrogens is 1. The smallest absolute Gasteiger partial charge is 0.138 e. The number of aliphatic imine (C=N–C) groups is 1. The van der Waals surface area contributed by atoms with Crippen LogP contribution in [0.1, 0.15) is 33.3 Å². The first-order valence-corrected chi connectivity index (χ1v) is 19.1. The maximum atomic E-state index is 5.37. The van der Waals surface area contributed by atoms with E-state index in [1.165, 1.54) is 65.3 Å². The van der Waals surface area contributed by atoms with Crippen molar-refractivity contribution in [1.82, 2.24) is 4.98 Å². The van der Waals surface area contributed by atoms with Gasteiger partial charge in [0.25, 0.3) is 0 Å². The fourth-order valence-electron chi connectivity index (χ4n) is 8.60. The Bertz CT molecular complexity index is 2990. The second kappa shape index (κ2) is 12.5. The molecule has 0 fully saturated rings. The number of fused-ring (bicyclic) bond motifs is 4. The standard InChI is InChI=1S/C52H41N3/c1-51(2)52(3,4)55(43-18-6-5-7-19-43)50(54-51)42-30-41(32-53-33-42)38-26-27-46-47(31-38)49(40-25-23-35-15-9-11-17-37(35)29-40)45-21-13-12-20-44(45)48(46)39-24-22-34-14-8-10-16-36(34)28-39/h5-33H,1-4H3. The van der Waals surface area contributed by atoms with Gasteiger partial charge in [0.1, 0.15) is 5.84 Å². The van der Waals surface area contributed by atoms with E-state index in [-0.39, 0.29) is 11.1 Å². The van der Waals surface area contributed by atoms with Crippen molar-refractivity contribution in [1.29, 1.82) is 0 Å². The lowest BCUT2D eigenvalue weighted by atomic mass is 9.83. The SMILES string of the molecule is CC1(C)N=C(c2cncc(-c3ccc4c(-c5ccc6ccccc6c5)c5ccccc5c(-c5ccc6ccccc6c5)c4c3)c2)N(c2ccccc2)C1(C)C. The van der Waals surface area contributed by atoms with Gasteiger partial charge in [0, 0.05) is 29.2 Å². The molecule has 264 valence electrons. The second-order valence-corrected chi connectivity index (χ2v) is 15.9. The summed E-state index contributed by atoms with van der Waals surface area (Å²) in [6, 6.07) is 59.8. The zero-order chi connectivity index (χ0) is 37.3. The molecule has 0 aliphatic carbocycles. The van der Waals surface area contributed by atoms with E-state index < -0.39 is 0 Å². The summed E-state index contributed by atoms with van der Waals surface area (Å²) in [6.07, 6.45) is 3.95. The lowest BCUT2D eigenvalue weighted by molar-refractivity contribution is 0.338. The second-order valence-electron chi connectivity index (χ2n) is 15.9. The van der Waals surface area contributed by atoms with Gasteiger partial charge in [-0.3, -0.25) is 9.98 Å². The predicted octanol–water partition coefficient (Wildman–Crippen LogP) is 13.5. The van der Waals surface area contributed by atoms with E-state index in [0.29, 0.717) is 0 Å². The maximum absolute atomic E-state index is 5.37. The molecule has 0 N–H and O–H groups in total. The molecular weight excluding hydrogens is 667 g/mol. The van der Waals surface area contributed by atoms with Gasteiger partial charge in [-0.15, -0.1) is 0 Å². The summed E-state index contributed by atoms with van der Waals surface area (Å²) in [4.78, 5) is 12.6. The number of nitrogens with zero attached hydrogens (tertiary/aromatic N) is 3. The molecule has 0 amide bonds. The number of benzene rings is 8. The minimum atomic E-state index is -0.313. The van der Waals surface area contributed by atoms with Gasteiger partial charge in [0.2, 0.25) is 0 Å². The van der Waals surface area contributed by atoms with E-state index in [4.69, 9.17) is 9.98 Å². The van der Waals surface area contributed by atoms with Gasteiger partial charge in [-0.25, -0.2) is 0 Å². The molecule has 9 aromatic rings. The van der Waals surface area contributed by atoms with Gasteiger partial charge in [0.05, 0.1) is 11.1 Å². The summed E-state index contributed by atoms with van der Waals surface area (Å²) in [7, 11) is 0. The lowest BCUT2D eigenvalue weighted by Gasteiger charge is -2.41. The largest absolute Gasteiger partial charge is 0.318 e. The van der Waals surface area contributed by atoms with Crippen molar-refractivity contribution in [2.24, 2.45) is 4.99 Å². The van der Waals surface area contributed by atoms with Crippen LogP contribution in [0.2, 0.25) is 0 Å². The highest BCUT2D eigenvalue weighted by Crippen LogP contribution is 2.46. The van der Waals surface area contributed by atoms with E-state index in [9.17, 15) is 0 Å². The normalized spacial score (nSPS) is 14.9. The molecule has 0 saturated heterocycles. The van der Waals surface area contributed by atoms with Crippen LogP contribution >= 0.6 is 0 Å². The molecule has 0 saturated carbocycles. The molecule has 2 heterocycles. The molecule has 3 heteroatoms. The maximum Gasteiger partial charge on any atom is 0.138 e. The molecule has 0 spiro atoms. The van der Waals surface area contributed by atoms with Crippen molar-refractivity contribution in [2.75, 3.05) is 4.90 Å². The number of hydrogen-bond donors (Lipinski definition) is 0. The van der Waals surface area contributed by atoms with Crippen LogP contribution in [0.3, 0.4) is 0 Å². The summed E-state index contributed by atoms with van der Waals surface area (Å²) in [5, 5.41) is 9.87. The van der Waals surface area contributed by atoms with Crippen LogP contribution in [0.25, 0.3) is 76.5 Å². The molecule has 1 aliphatic heterocycles. The summed E-state index contributed by atoms with van der Waals surface area (Å²) >= 11 is 0. The Morgan fingerprint density at radius 3 is 1.55 bits per heavy atom. The molecule has 0 unspecified atom stereocenters. The first-order valence-electron chi connectivity index (χ1n) is 19.1. The van der Waals surface area contributed by atoms with E-state index >= 15 is 0 Å². The fourth-order valence-corrected chi connectivity index (χ4v) is 8.60. The van der Waals surface area contributed by atoms with E-state index in [2.05, 4.69) is 196 Å². The van der Waals surface area contributed by atoms with E-state index in [1.807, 2.05) is 12.4 Å². The molecule has 1 aromatic heterocycles. The van der Waals surface area contributed by atoms with Gasteiger partial charge in [-0.1, -0.05) is 127 Å². The molecule has 0 bridgehead atoms. The number of amidine groups is 1. The van der Waals surface area contributed by atoms with Crippen molar-refractivity contribution in [3.05, 3.63) is 182 Å². The molecular formula is C52H41N3. The number of pyridine rings is 1. The quantitative estimate of drug-likeness (QED) is 0.167. The first kappa shape index (κ1) is 33.0. The molecule has 0 atom stereocenters. The molecule has 10 rings (SSSR count). The van der Waals surface area contributed by atoms with Crippen LogP contribution in [-0.2, 0) is 0 Å². The van der Waals surface area contributed by atoms with Crippen LogP contribution in [0.15, 0.2) is 181 Å². The Kier molecular flexibility index (Phi) is 7.50. The van der Waals surface area contributed by atoms with Crippen LogP contribution in [-0.4, -0.2) is 21.9 Å². The van der Waals surface area contributed by atoms with Crippen molar-refractivity contribution in [2.45, 2.75) is 38.8 Å². The highest BCUT2D eigenvalue weighted by Gasteiger charge is 2.49. The minimum absolute atomic E-state index is 0.252. The first-order chi connectivity index (χ1) is 26.8. The van der Waals surface area contributed by atoms with Crippen LogP contribution in [0.4, 0.5) is 5.69 Å². The highest BCUT2D eigenvalue weighted by molar-refractivity contribution is 6.22. The van der Waals surface area contributed by atoms with Crippen LogP contribution < -0.4 is 4.90 Å². The third-order valence-electron chi connectivity index (χ3n) is 12.1. The summed E-state index contributed by atoms with van der Waals surface area (Å²) in [5.41, 5.74) is 8.65. The van der Waals surface area contributed by atoms with E-state index in [1.54, 1.807) is 0 Å². The van der Waals surface area contributed by atoms with Gasteiger partial charge in [0.15, 0.2) is 0 Å². The third kappa shape index (κ3) is 5.33. The average Bonchev–Trinajstić information content (AvgIpc) is 3.42. The van der Waals surface area contributed by atoms with Crippen molar-refractivity contribution in [3.63, 3.8) is 0 Å². The summed E-state index contributed by atoms with van der Waals surface area (Å²) < 4.78 is 0. The number of rotatable bonds is 5. The topological polar surface area (TPSA) is 28.5 Å². The zero-order valence-electron chi connectivity index (χ0n) is 31.6. The van der Waals surface area contributed by atoms with Gasteiger partial charge < -0.3 is 4.90 Å². The third-order valence-corrected chi connectivity index (χ3v) is 12.1. The van der Waals surface area contributed by atoms with Crippen molar-refractivity contribution < 1.29 is 0 Å². The molecule has 1 aliphatic rings. The number of anilines is 1. The molecule has 0 radical (unpaired) electrons. The van der Waals surface area contributed by atoms with Crippen LogP contribution in [0.5, 0.6) is 0 Å². The van der Waals surface area contributed by atoms with Gasteiger partial charge in [-0.2, -0.15) is 0 Å². The van der Waals surface area contributed by atoms with Crippen LogP contribution in [0, 0.1) is 0 Å². The lowest BCUT2D eigenvalue weighted by Crippen LogP contribution is -2.53. The zero-order valence-corrected chi connectivity index (χ0v) is 31.6. The fraction of sp³-hybridized carbons (Fsp3) is 0.115. The monoisotopic (exact) mass is 707 g/mol. The number of para-hydroxylation sites is 1. The Morgan fingerprint density at radius 1 is 0.400 bits per heavy atom. The van der Waals surface area contributed by atoms with Gasteiger partial charge in [-0.05, 0) is 135 Å². The summed E-state index contributed by atoms with van der Waals surface area (Å²) in [6.45, 7) is 9.01.